The van der Waals surface area contributed by atoms with Gasteiger partial charge in [0.05, 0.1) is 6.42 Å². The molecule has 1 saturated carbocycles. The smallest absolute Gasteiger partial charge is 0.227 e. The van der Waals surface area contributed by atoms with E-state index in [1.165, 1.54) is 6.42 Å². The third kappa shape index (κ3) is 3.58. The summed E-state index contributed by atoms with van der Waals surface area (Å²) in [5.74, 6) is 0.157. The normalized spacial score (nSPS) is 14.9. The molecular weight excluding hydrogens is 252 g/mol. The first kappa shape index (κ1) is 15.0. The van der Waals surface area contributed by atoms with Crippen LogP contribution in [-0.2, 0) is 17.8 Å². The van der Waals surface area contributed by atoms with Gasteiger partial charge in [0.1, 0.15) is 0 Å². The number of carbonyl (C=O) groups is 1. The van der Waals surface area contributed by atoms with Gasteiger partial charge in [-0.2, -0.15) is 0 Å². The Morgan fingerprint density at radius 1 is 1.30 bits per heavy atom. The molecule has 1 aliphatic rings. The maximum absolute atomic E-state index is 12.5. The predicted molar refractivity (Wildman–Crippen MR) is 79.1 cm³/mol. The number of amides is 1. The largest absolute Gasteiger partial charge is 0.396 e. The molecule has 1 aromatic carbocycles. The van der Waals surface area contributed by atoms with Crippen molar-refractivity contribution in [3.8, 4) is 0 Å². The summed E-state index contributed by atoms with van der Waals surface area (Å²) in [5, 5.41) is 8.99. The van der Waals surface area contributed by atoms with Crippen molar-refractivity contribution >= 4 is 5.91 Å². The molecule has 3 N–H and O–H groups in total. The van der Waals surface area contributed by atoms with Crippen LogP contribution in [0, 0.1) is 0 Å². The molecule has 20 heavy (non-hydrogen) atoms. The van der Waals surface area contributed by atoms with Crippen LogP contribution in [0.2, 0.25) is 0 Å². The van der Waals surface area contributed by atoms with Gasteiger partial charge in [-0.15, -0.1) is 0 Å². The summed E-state index contributed by atoms with van der Waals surface area (Å²) in [5.41, 5.74) is 7.78. The van der Waals surface area contributed by atoms with Gasteiger partial charge < -0.3 is 15.7 Å². The Balaban J connectivity index is 2.03. The standard InChI is InChI=1S/C16H24N2O2/c17-12-14-6-2-1-5-13(14)11-16(20)18(9-4-10-19)15-7-3-8-15/h1-2,5-6,15,19H,3-4,7-12,17H2. The van der Waals surface area contributed by atoms with Crippen LogP contribution in [0.1, 0.15) is 36.8 Å². The molecule has 0 spiro atoms. The molecule has 0 bridgehead atoms. The van der Waals surface area contributed by atoms with Gasteiger partial charge in [0, 0.05) is 25.7 Å². The van der Waals surface area contributed by atoms with E-state index in [1.54, 1.807) is 0 Å². The van der Waals surface area contributed by atoms with Crippen LogP contribution in [0.25, 0.3) is 0 Å². The lowest BCUT2D eigenvalue weighted by Gasteiger charge is -2.37. The number of benzene rings is 1. The van der Waals surface area contributed by atoms with Crippen molar-refractivity contribution in [3.63, 3.8) is 0 Å². The Kier molecular flexibility index (Phi) is 5.56. The third-order valence-corrected chi connectivity index (χ3v) is 4.07. The minimum absolute atomic E-state index is 0.135. The number of hydrogen-bond donors (Lipinski definition) is 2. The van der Waals surface area contributed by atoms with Gasteiger partial charge >= 0.3 is 0 Å². The van der Waals surface area contributed by atoms with Gasteiger partial charge in [-0.3, -0.25) is 4.79 Å². The van der Waals surface area contributed by atoms with E-state index in [2.05, 4.69) is 0 Å². The summed E-state index contributed by atoms with van der Waals surface area (Å²) in [6, 6.07) is 8.23. The van der Waals surface area contributed by atoms with Crippen LogP contribution in [0.5, 0.6) is 0 Å². The Labute approximate surface area is 120 Å². The molecule has 2 rings (SSSR count). The molecule has 4 nitrogen and oxygen atoms in total. The number of carbonyl (C=O) groups excluding carboxylic acids is 1. The molecule has 0 unspecified atom stereocenters. The fraction of sp³-hybridized carbons (Fsp3) is 0.562. The first-order valence-corrected chi connectivity index (χ1v) is 7.43. The fourth-order valence-electron chi connectivity index (χ4n) is 2.64. The number of nitrogens with zero attached hydrogens (tertiary/aromatic N) is 1. The highest BCUT2D eigenvalue weighted by Gasteiger charge is 2.28. The molecule has 1 aromatic rings. The topological polar surface area (TPSA) is 66.6 Å². The monoisotopic (exact) mass is 276 g/mol. The first-order valence-electron chi connectivity index (χ1n) is 7.43. The molecule has 0 atom stereocenters. The molecule has 1 aliphatic carbocycles. The summed E-state index contributed by atoms with van der Waals surface area (Å²) >= 11 is 0. The van der Waals surface area contributed by atoms with Gasteiger partial charge in [-0.1, -0.05) is 24.3 Å². The van der Waals surface area contributed by atoms with Crippen LogP contribution in [0.4, 0.5) is 0 Å². The highest BCUT2D eigenvalue weighted by molar-refractivity contribution is 5.79. The van der Waals surface area contributed by atoms with Crippen molar-refractivity contribution < 1.29 is 9.90 Å². The zero-order chi connectivity index (χ0) is 14.4. The van der Waals surface area contributed by atoms with Crippen molar-refractivity contribution in [1.82, 2.24) is 4.90 Å². The van der Waals surface area contributed by atoms with Crippen LogP contribution >= 0.6 is 0 Å². The van der Waals surface area contributed by atoms with E-state index in [1.807, 2.05) is 29.2 Å². The summed E-state index contributed by atoms with van der Waals surface area (Å²) < 4.78 is 0. The number of hydrogen-bond acceptors (Lipinski definition) is 3. The van der Waals surface area contributed by atoms with Crippen molar-refractivity contribution in [2.45, 2.75) is 44.7 Å². The quantitative estimate of drug-likeness (QED) is 0.792. The molecule has 4 heteroatoms. The number of rotatable bonds is 7. The second-order valence-corrected chi connectivity index (χ2v) is 5.40. The van der Waals surface area contributed by atoms with Crippen molar-refractivity contribution in [2.75, 3.05) is 13.2 Å². The number of aliphatic hydroxyl groups is 1. The van der Waals surface area contributed by atoms with Crippen molar-refractivity contribution in [2.24, 2.45) is 5.73 Å². The summed E-state index contributed by atoms with van der Waals surface area (Å²) in [4.78, 5) is 14.5. The van der Waals surface area contributed by atoms with Gasteiger partial charge in [0.15, 0.2) is 0 Å². The van der Waals surface area contributed by atoms with E-state index in [4.69, 9.17) is 10.8 Å². The van der Waals surface area contributed by atoms with Crippen LogP contribution in [0.15, 0.2) is 24.3 Å². The molecule has 1 amide bonds. The minimum atomic E-state index is 0.135. The molecule has 0 radical (unpaired) electrons. The lowest BCUT2D eigenvalue weighted by molar-refractivity contribution is -0.134. The van der Waals surface area contributed by atoms with E-state index >= 15 is 0 Å². The third-order valence-electron chi connectivity index (χ3n) is 4.07. The molecular formula is C16H24N2O2. The fourth-order valence-corrected chi connectivity index (χ4v) is 2.64. The van der Waals surface area contributed by atoms with Gasteiger partial charge in [0.25, 0.3) is 0 Å². The van der Waals surface area contributed by atoms with E-state index in [-0.39, 0.29) is 12.5 Å². The van der Waals surface area contributed by atoms with Crippen molar-refractivity contribution in [3.05, 3.63) is 35.4 Å². The van der Waals surface area contributed by atoms with E-state index < -0.39 is 0 Å². The molecule has 0 aliphatic heterocycles. The Morgan fingerprint density at radius 2 is 2.00 bits per heavy atom. The molecule has 0 heterocycles. The lowest BCUT2D eigenvalue weighted by atomic mass is 9.90. The summed E-state index contributed by atoms with van der Waals surface area (Å²) in [7, 11) is 0. The number of aliphatic hydroxyl groups excluding tert-OH is 1. The number of nitrogens with two attached hydrogens (primary N) is 1. The predicted octanol–water partition coefficient (Wildman–Crippen LogP) is 1.45. The zero-order valence-corrected chi connectivity index (χ0v) is 11.9. The zero-order valence-electron chi connectivity index (χ0n) is 11.9. The first-order chi connectivity index (χ1) is 9.76. The second-order valence-electron chi connectivity index (χ2n) is 5.40. The van der Waals surface area contributed by atoms with Crippen LogP contribution in [-0.4, -0.2) is 35.1 Å². The van der Waals surface area contributed by atoms with Crippen LogP contribution in [0.3, 0.4) is 0 Å². The average Bonchev–Trinajstić information content (AvgIpc) is 2.41. The average molecular weight is 276 g/mol. The Bertz CT molecular complexity index is 444. The van der Waals surface area contributed by atoms with Crippen LogP contribution < -0.4 is 5.73 Å². The highest BCUT2D eigenvalue weighted by atomic mass is 16.3. The molecule has 0 saturated heterocycles. The SMILES string of the molecule is NCc1ccccc1CC(=O)N(CCCO)C1CCC1. The highest BCUT2D eigenvalue weighted by Crippen LogP contribution is 2.25. The summed E-state index contributed by atoms with van der Waals surface area (Å²) in [6.07, 6.45) is 4.45. The van der Waals surface area contributed by atoms with Crippen molar-refractivity contribution in [1.29, 1.82) is 0 Å². The van der Waals surface area contributed by atoms with Gasteiger partial charge in [0.2, 0.25) is 5.91 Å². The van der Waals surface area contributed by atoms with E-state index in [9.17, 15) is 4.79 Å². The lowest BCUT2D eigenvalue weighted by Crippen LogP contribution is -2.45. The second kappa shape index (κ2) is 7.41. The molecule has 110 valence electrons. The summed E-state index contributed by atoms with van der Waals surface area (Å²) in [6.45, 7) is 1.25. The minimum Gasteiger partial charge on any atom is -0.396 e. The van der Waals surface area contributed by atoms with Gasteiger partial charge in [-0.05, 0) is 36.8 Å². The molecule has 1 fully saturated rings. The maximum Gasteiger partial charge on any atom is 0.227 e. The maximum atomic E-state index is 12.5. The van der Waals surface area contributed by atoms with E-state index in [0.717, 1.165) is 24.0 Å². The molecule has 0 aromatic heterocycles. The Morgan fingerprint density at radius 3 is 2.55 bits per heavy atom. The van der Waals surface area contributed by atoms with Gasteiger partial charge in [-0.25, -0.2) is 0 Å². The Hall–Kier alpha value is -1.39. The van der Waals surface area contributed by atoms with E-state index in [0.29, 0.717) is 32.0 Å².